The van der Waals surface area contributed by atoms with Gasteiger partial charge in [0.2, 0.25) is 5.95 Å². The molecule has 14 heteroatoms. The van der Waals surface area contributed by atoms with Crippen molar-refractivity contribution < 1.29 is 18.0 Å². The number of nitrogens with zero attached hydrogens (tertiary/aromatic N) is 8. The van der Waals surface area contributed by atoms with Gasteiger partial charge < -0.3 is 4.90 Å². The van der Waals surface area contributed by atoms with E-state index in [1.807, 2.05) is 32.9 Å². The van der Waals surface area contributed by atoms with Crippen LogP contribution in [-0.4, -0.2) is 51.2 Å². The van der Waals surface area contributed by atoms with Crippen molar-refractivity contribution in [2.24, 2.45) is 7.05 Å². The van der Waals surface area contributed by atoms with Crippen LogP contribution in [0.1, 0.15) is 65.3 Å². The van der Waals surface area contributed by atoms with Crippen molar-refractivity contribution in [3.63, 3.8) is 0 Å². The monoisotopic (exact) mass is 668 g/mol. The van der Waals surface area contributed by atoms with Crippen molar-refractivity contribution >= 4 is 32.9 Å². The highest BCUT2D eigenvalue weighted by Gasteiger charge is 2.36. The molecular weight excluding hydrogens is 641 g/mol. The van der Waals surface area contributed by atoms with Gasteiger partial charge in [-0.3, -0.25) is 9.59 Å². The molecule has 0 aliphatic carbocycles. The first-order valence-electron chi connectivity index (χ1n) is 13.9. The molecular formula is C30H28BrF3N8O2. The second kappa shape index (κ2) is 10.7. The van der Waals surface area contributed by atoms with E-state index in [2.05, 4.69) is 26.2 Å². The van der Waals surface area contributed by atoms with Crippen LogP contribution in [0, 0.1) is 6.92 Å². The summed E-state index contributed by atoms with van der Waals surface area (Å²) in [5.74, 6) is -0.240. The number of aromatic nitrogens is 7. The van der Waals surface area contributed by atoms with Gasteiger partial charge in [0.25, 0.3) is 11.5 Å². The lowest BCUT2D eigenvalue weighted by Gasteiger charge is -2.34. The molecule has 5 aromatic rings. The van der Waals surface area contributed by atoms with Gasteiger partial charge in [0, 0.05) is 34.4 Å². The average Bonchev–Trinajstić information content (AvgIpc) is 3.54. The molecule has 0 saturated carbocycles. The number of rotatable bonds is 4. The number of hydrogen-bond donors (Lipinski definition) is 0. The predicted octanol–water partition coefficient (Wildman–Crippen LogP) is 5.50. The maximum Gasteiger partial charge on any atom is 0.417 e. The minimum absolute atomic E-state index is 0.0591. The van der Waals surface area contributed by atoms with Crippen LogP contribution in [-0.2, 0) is 26.2 Å². The summed E-state index contributed by atoms with van der Waals surface area (Å²) in [7, 11) is 1.78. The second-order valence-electron chi connectivity index (χ2n) is 11.3. The first-order valence-corrected chi connectivity index (χ1v) is 14.7. The molecule has 228 valence electrons. The second-order valence-corrected chi connectivity index (χ2v) is 12.2. The van der Waals surface area contributed by atoms with Crippen molar-refractivity contribution in [1.29, 1.82) is 0 Å². The van der Waals surface area contributed by atoms with Crippen LogP contribution >= 0.6 is 15.9 Å². The maximum atomic E-state index is 14.3. The third-order valence-electron chi connectivity index (χ3n) is 7.92. The van der Waals surface area contributed by atoms with Crippen LogP contribution in [0.15, 0.2) is 51.7 Å². The largest absolute Gasteiger partial charge is 0.417 e. The lowest BCUT2D eigenvalue weighted by molar-refractivity contribution is -0.138. The Bertz CT molecular complexity index is 2010. The van der Waals surface area contributed by atoms with Gasteiger partial charge in [-0.2, -0.15) is 18.3 Å². The standard InChI is InChI=1S/C30H28BrF3N8O2/c1-15(2)23-11-17(4)42(37-23)29-35-25-14-40(27(43)18-6-8-22(31)21(12-18)30(32,33)34)16(3)10-20(25)28(44)41(29)19-7-9-26-24(13-19)36-38-39(26)5/h6-9,11-13,15-16H,10,14H2,1-5H3/t16-/m1/s1. The SMILES string of the molecule is Cc1cc(C(C)C)nn1-c1nc2c(c(=O)n1-c1ccc3c(c1)nnn3C)C[C@@H](C)N(C(=O)c1ccc(Br)c(C(F)(F)F)c1)C2. The van der Waals surface area contributed by atoms with E-state index in [1.54, 1.807) is 35.5 Å². The molecule has 1 aliphatic rings. The van der Waals surface area contributed by atoms with E-state index < -0.39 is 23.7 Å². The fraction of sp³-hybridized carbons (Fsp3) is 0.333. The smallest absolute Gasteiger partial charge is 0.330 e. The fourth-order valence-electron chi connectivity index (χ4n) is 5.49. The maximum absolute atomic E-state index is 14.3. The first kappa shape index (κ1) is 29.7. The zero-order valence-corrected chi connectivity index (χ0v) is 26.1. The van der Waals surface area contributed by atoms with Crippen LogP contribution in [0.25, 0.3) is 22.7 Å². The number of hydrogen-bond acceptors (Lipinski definition) is 6. The Morgan fingerprint density at radius 1 is 1.11 bits per heavy atom. The zero-order chi connectivity index (χ0) is 31.7. The van der Waals surface area contributed by atoms with Crippen LogP contribution in [0.4, 0.5) is 13.2 Å². The number of carbonyl (C=O) groups is 1. The van der Waals surface area contributed by atoms with Gasteiger partial charge in [-0.05, 0) is 68.7 Å². The summed E-state index contributed by atoms with van der Waals surface area (Å²) in [5, 5.41) is 13.0. The molecule has 1 atom stereocenters. The van der Waals surface area contributed by atoms with E-state index in [-0.39, 0.29) is 40.4 Å². The highest BCUT2D eigenvalue weighted by Crippen LogP contribution is 2.36. The Balaban J connectivity index is 1.50. The van der Waals surface area contributed by atoms with Crippen molar-refractivity contribution in [3.05, 3.63) is 91.1 Å². The highest BCUT2D eigenvalue weighted by atomic mass is 79.9. The molecule has 0 fully saturated rings. The summed E-state index contributed by atoms with van der Waals surface area (Å²) in [6, 6.07) is 10.2. The zero-order valence-electron chi connectivity index (χ0n) is 24.5. The van der Waals surface area contributed by atoms with Crippen LogP contribution in [0.2, 0.25) is 0 Å². The van der Waals surface area contributed by atoms with Gasteiger partial charge in [0.15, 0.2) is 0 Å². The number of carbonyl (C=O) groups excluding carboxylic acids is 1. The van der Waals surface area contributed by atoms with E-state index >= 15 is 0 Å². The quantitative estimate of drug-likeness (QED) is 0.251. The van der Waals surface area contributed by atoms with Gasteiger partial charge in [-0.25, -0.2) is 18.9 Å². The Morgan fingerprint density at radius 2 is 1.86 bits per heavy atom. The Labute approximate surface area is 258 Å². The van der Waals surface area contributed by atoms with E-state index in [0.717, 1.165) is 23.0 Å². The molecule has 1 aliphatic heterocycles. The minimum Gasteiger partial charge on any atom is -0.330 e. The van der Waals surface area contributed by atoms with E-state index in [4.69, 9.17) is 10.1 Å². The number of alkyl halides is 3. The topological polar surface area (TPSA) is 104 Å². The summed E-state index contributed by atoms with van der Waals surface area (Å²) in [4.78, 5) is 34.3. The number of benzene rings is 2. The molecule has 44 heavy (non-hydrogen) atoms. The van der Waals surface area contributed by atoms with Crippen LogP contribution in [0.5, 0.6) is 0 Å². The van der Waals surface area contributed by atoms with E-state index in [9.17, 15) is 22.8 Å². The number of halogens is 4. The number of amides is 1. The fourth-order valence-corrected chi connectivity index (χ4v) is 5.96. The molecule has 0 unspecified atom stereocenters. The molecule has 6 rings (SSSR count). The highest BCUT2D eigenvalue weighted by molar-refractivity contribution is 9.10. The van der Waals surface area contributed by atoms with Crippen molar-refractivity contribution in [2.45, 2.75) is 58.8 Å². The van der Waals surface area contributed by atoms with Gasteiger partial charge >= 0.3 is 6.18 Å². The van der Waals surface area contributed by atoms with Gasteiger partial charge in [0.05, 0.1) is 34.7 Å². The molecule has 1 amide bonds. The lowest BCUT2D eigenvalue weighted by atomic mass is 9.98. The average molecular weight is 670 g/mol. The van der Waals surface area contributed by atoms with Crippen molar-refractivity contribution in [2.75, 3.05) is 0 Å². The normalized spacial score (nSPS) is 15.3. The molecule has 0 saturated heterocycles. The van der Waals surface area contributed by atoms with Gasteiger partial charge in [0.1, 0.15) is 5.52 Å². The molecule has 0 bridgehead atoms. The van der Waals surface area contributed by atoms with Crippen molar-refractivity contribution in [3.8, 4) is 11.6 Å². The summed E-state index contributed by atoms with van der Waals surface area (Å²) in [6.45, 7) is 7.60. The third kappa shape index (κ3) is 5.00. The van der Waals surface area contributed by atoms with E-state index in [1.165, 1.54) is 21.6 Å². The molecule has 3 aromatic heterocycles. The summed E-state index contributed by atoms with van der Waals surface area (Å²) in [5.41, 5.74) is 2.89. The number of fused-ring (bicyclic) bond motifs is 2. The Hall–Kier alpha value is -4.33. The lowest BCUT2D eigenvalue weighted by Crippen LogP contribution is -2.46. The van der Waals surface area contributed by atoms with Crippen LogP contribution in [0.3, 0.4) is 0 Å². The van der Waals surface area contributed by atoms with E-state index in [0.29, 0.717) is 22.5 Å². The Kier molecular flexibility index (Phi) is 7.22. The van der Waals surface area contributed by atoms with Gasteiger partial charge in [-0.15, -0.1) is 5.10 Å². The molecule has 4 heterocycles. The molecule has 2 aromatic carbocycles. The molecule has 10 nitrogen and oxygen atoms in total. The first-order chi connectivity index (χ1) is 20.7. The molecule has 0 N–H and O–H groups in total. The third-order valence-corrected chi connectivity index (χ3v) is 8.61. The Morgan fingerprint density at radius 3 is 2.55 bits per heavy atom. The summed E-state index contributed by atoms with van der Waals surface area (Å²) < 4.78 is 45.3. The summed E-state index contributed by atoms with van der Waals surface area (Å²) in [6.07, 6.45) is -4.47. The summed E-state index contributed by atoms with van der Waals surface area (Å²) >= 11 is 2.93. The van der Waals surface area contributed by atoms with Gasteiger partial charge in [-0.1, -0.05) is 35.0 Å². The minimum atomic E-state index is -4.64. The van der Waals surface area contributed by atoms with Crippen LogP contribution < -0.4 is 5.56 Å². The predicted molar refractivity (Wildman–Crippen MR) is 160 cm³/mol. The number of aryl methyl sites for hydroxylation is 2. The molecule has 0 spiro atoms. The molecule has 0 radical (unpaired) electrons. The van der Waals surface area contributed by atoms with Crippen molar-refractivity contribution in [1.82, 2.24) is 39.2 Å².